The Morgan fingerprint density at radius 2 is 2.19 bits per heavy atom. The Kier molecular flexibility index (Phi) is 4.29. The molecule has 1 fully saturated rings. The van der Waals surface area contributed by atoms with Crippen LogP contribution in [0.4, 0.5) is 0 Å². The summed E-state index contributed by atoms with van der Waals surface area (Å²) in [6, 6.07) is -0.217. The third-order valence-corrected chi connectivity index (χ3v) is 3.48. The van der Waals surface area contributed by atoms with Gasteiger partial charge in [-0.25, -0.2) is 0 Å². The van der Waals surface area contributed by atoms with Crippen LogP contribution in [0.1, 0.15) is 26.7 Å². The van der Waals surface area contributed by atoms with Crippen molar-refractivity contribution >= 4 is 11.9 Å². The van der Waals surface area contributed by atoms with Gasteiger partial charge in [0.15, 0.2) is 0 Å². The molecule has 0 spiro atoms. The van der Waals surface area contributed by atoms with Gasteiger partial charge in [0.05, 0.1) is 11.8 Å². The second kappa shape index (κ2) is 5.30. The minimum Gasteiger partial charge on any atom is -0.481 e. The number of amides is 1. The molecule has 3 unspecified atom stereocenters. The number of carbonyl (C=O) groups is 2. The number of carbonyl (C=O) groups excluding carboxylic acids is 1. The predicted octanol–water partition coefficient (Wildman–Crippen LogP) is 0.293. The van der Waals surface area contributed by atoms with E-state index in [0.29, 0.717) is 25.9 Å². The van der Waals surface area contributed by atoms with Crippen molar-refractivity contribution in [1.29, 1.82) is 0 Å². The molecule has 0 saturated carbocycles. The van der Waals surface area contributed by atoms with Crippen LogP contribution in [-0.2, 0) is 9.59 Å². The number of nitrogens with two attached hydrogens (primary N) is 1. The van der Waals surface area contributed by atoms with Gasteiger partial charge in [0, 0.05) is 19.1 Å². The number of rotatable bonds is 4. The van der Waals surface area contributed by atoms with Crippen molar-refractivity contribution in [3.8, 4) is 0 Å². The SMILES string of the molecule is CCC(CN)C(=O)N1CCC(C(=O)O)C1C. The number of carboxylic acid groups (broad SMARTS) is 1. The minimum absolute atomic E-state index is 0.00116. The van der Waals surface area contributed by atoms with Gasteiger partial charge in [0.1, 0.15) is 0 Å². The molecule has 1 aliphatic heterocycles. The summed E-state index contributed by atoms with van der Waals surface area (Å²) in [5.74, 6) is -1.42. The van der Waals surface area contributed by atoms with Crippen LogP contribution >= 0.6 is 0 Å². The van der Waals surface area contributed by atoms with Gasteiger partial charge in [0.25, 0.3) is 0 Å². The molecule has 0 bridgehead atoms. The van der Waals surface area contributed by atoms with E-state index in [1.54, 1.807) is 11.8 Å². The number of hydrogen-bond acceptors (Lipinski definition) is 3. The van der Waals surface area contributed by atoms with Crippen LogP contribution < -0.4 is 5.73 Å². The summed E-state index contributed by atoms with van der Waals surface area (Å²) in [4.78, 5) is 24.6. The van der Waals surface area contributed by atoms with Gasteiger partial charge in [-0.05, 0) is 19.8 Å². The van der Waals surface area contributed by atoms with Gasteiger partial charge in [-0.2, -0.15) is 0 Å². The van der Waals surface area contributed by atoms with Crippen molar-refractivity contribution in [1.82, 2.24) is 4.90 Å². The van der Waals surface area contributed by atoms with E-state index in [9.17, 15) is 9.59 Å². The van der Waals surface area contributed by atoms with Crippen molar-refractivity contribution in [3.05, 3.63) is 0 Å². The molecule has 0 radical (unpaired) electrons. The van der Waals surface area contributed by atoms with Crippen molar-refractivity contribution in [3.63, 3.8) is 0 Å². The number of carboxylic acids is 1. The van der Waals surface area contributed by atoms with Gasteiger partial charge >= 0.3 is 5.97 Å². The quantitative estimate of drug-likeness (QED) is 0.724. The fourth-order valence-corrected chi connectivity index (χ4v) is 2.26. The maximum Gasteiger partial charge on any atom is 0.308 e. The molecule has 5 heteroatoms. The average molecular weight is 228 g/mol. The molecule has 0 aromatic heterocycles. The third kappa shape index (κ3) is 2.35. The lowest BCUT2D eigenvalue weighted by molar-refractivity contribution is -0.143. The second-order valence-electron chi connectivity index (χ2n) is 4.35. The average Bonchev–Trinajstić information content (AvgIpc) is 2.61. The van der Waals surface area contributed by atoms with Crippen LogP contribution in [0.25, 0.3) is 0 Å². The lowest BCUT2D eigenvalue weighted by Crippen LogP contribution is -2.42. The molecule has 1 rings (SSSR count). The zero-order valence-electron chi connectivity index (χ0n) is 9.85. The van der Waals surface area contributed by atoms with Crippen LogP contribution in [-0.4, -0.2) is 41.0 Å². The molecule has 1 amide bonds. The monoisotopic (exact) mass is 228 g/mol. The molecule has 0 aliphatic carbocycles. The van der Waals surface area contributed by atoms with E-state index in [-0.39, 0.29) is 17.9 Å². The molecule has 3 atom stereocenters. The van der Waals surface area contributed by atoms with Gasteiger partial charge in [0.2, 0.25) is 5.91 Å². The highest BCUT2D eigenvalue weighted by Gasteiger charge is 2.39. The van der Waals surface area contributed by atoms with Crippen molar-refractivity contribution < 1.29 is 14.7 Å². The first-order valence-electron chi connectivity index (χ1n) is 5.76. The largest absolute Gasteiger partial charge is 0.481 e. The highest BCUT2D eigenvalue weighted by Crippen LogP contribution is 2.26. The molecule has 1 aliphatic rings. The van der Waals surface area contributed by atoms with E-state index in [0.717, 1.165) is 0 Å². The first-order chi connectivity index (χ1) is 7.52. The Morgan fingerprint density at radius 3 is 2.56 bits per heavy atom. The van der Waals surface area contributed by atoms with E-state index in [1.807, 2.05) is 6.92 Å². The molecule has 0 aromatic carbocycles. The fourth-order valence-electron chi connectivity index (χ4n) is 2.26. The summed E-state index contributed by atoms with van der Waals surface area (Å²) in [5.41, 5.74) is 5.53. The fraction of sp³-hybridized carbons (Fsp3) is 0.818. The standard InChI is InChI=1S/C11H20N2O3/c1-3-8(6-12)10(14)13-5-4-9(7(13)2)11(15)16/h7-9H,3-6,12H2,1-2H3,(H,15,16). The van der Waals surface area contributed by atoms with Gasteiger partial charge in [-0.3, -0.25) is 9.59 Å². The molecule has 1 saturated heterocycles. The van der Waals surface area contributed by atoms with E-state index in [4.69, 9.17) is 10.8 Å². The summed E-state index contributed by atoms with van der Waals surface area (Å²) in [6.45, 7) is 4.58. The molecule has 92 valence electrons. The van der Waals surface area contributed by atoms with Gasteiger partial charge < -0.3 is 15.7 Å². The molecule has 16 heavy (non-hydrogen) atoms. The Hall–Kier alpha value is -1.10. The molecular weight excluding hydrogens is 208 g/mol. The smallest absolute Gasteiger partial charge is 0.308 e. The van der Waals surface area contributed by atoms with Crippen LogP contribution in [0.15, 0.2) is 0 Å². The van der Waals surface area contributed by atoms with Crippen molar-refractivity contribution in [2.45, 2.75) is 32.7 Å². The molecule has 0 aromatic rings. The van der Waals surface area contributed by atoms with E-state index >= 15 is 0 Å². The number of hydrogen-bond donors (Lipinski definition) is 2. The lowest BCUT2D eigenvalue weighted by atomic mass is 10.0. The molecular formula is C11H20N2O3. The van der Waals surface area contributed by atoms with E-state index in [1.165, 1.54) is 0 Å². The van der Waals surface area contributed by atoms with Crippen molar-refractivity contribution in [2.75, 3.05) is 13.1 Å². The number of nitrogens with zero attached hydrogens (tertiary/aromatic N) is 1. The normalized spacial score (nSPS) is 26.8. The molecule has 1 heterocycles. The first-order valence-corrected chi connectivity index (χ1v) is 5.76. The van der Waals surface area contributed by atoms with E-state index in [2.05, 4.69) is 0 Å². The third-order valence-electron chi connectivity index (χ3n) is 3.48. The minimum atomic E-state index is -0.816. The second-order valence-corrected chi connectivity index (χ2v) is 4.35. The zero-order chi connectivity index (χ0) is 12.3. The Morgan fingerprint density at radius 1 is 1.56 bits per heavy atom. The number of aliphatic carboxylic acids is 1. The zero-order valence-corrected chi connectivity index (χ0v) is 9.85. The van der Waals surface area contributed by atoms with E-state index < -0.39 is 11.9 Å². The summed E-state index contributed by atoms with van der Waals surface area (Å²) < 4.78 is 0. The Labute approximate surface area is 95.6 Å². The summed E-state index contributed by atoms with van der Waals surface area (Å²) in [6.07, 6.45) is 1.25. The highest BCUT2D eigenvalue weighted by molar-refractivity contribution is 5.81. The lowest BCUT2D eigenvalue weighted by Gasteiger charge is -2.26. The molecule has 5 nitrogen and oxygen atoms in total. The summed E-state index contributed by atoms with van der Waals surface area (Å²) in [5, 5.41) is 8.97. The summed E-state index contributed by atoms with van der Waals surface area (Å²) >= 11 is 0. The predicted molar refractivity (Wildman–Crippen MR) is 59.8 cm³/mol. The Bertz CT molecular complexity index is 276. The molecule has 3 N–H and O–H groups in total. The maximum atomic E-state index is 12.0. The highest BCUT2D eigenvalue weighted by atomic mass is 16.4. The summed E-state index contributed by atoms with van der Waals surface area (Å²) in [7, 11) is 0. The number of likely N-dealkylation sites (tertiary alicyclic amines) is 1. The Balaban J connectivity index is 2.69. The first kappa shape index (κ1) is 13.0. The maximum absolute atomic E-state index is 12.0. The van der Waals surface area contributed by atoms with Crippen LogP contribution in [0.2, 0.25) is 0 Å². The van der Waals surface area contributed by atoms with Gasteiger partial charge in [-0.1, -0.05) is 6.92 Å². The topological polar surface area (TPSA) is 83.6 Å². The van der Waals surface area contributed by atoms with Crippen LogP contribution in [0.5, 0.6) is 0 Å². The van der Waals surface area contributed by atoms with Crippen LogP contribution in [0.3, 0.4) is 0 Å². The van der Waals surface area contributed by atoms with Crippen LogP contribution in [0, 0.1) is 11.8 Å². The van der Waals surface area contributed by atoms with Gasteiger partial charge in [-0.15, -0.1) is 0 Å². The van der Waals surface area contributed by atoms with Crippen molar-refractivity contribution in [2.24, 2.45) is 17.6 Å².